The smallest absolute Gasteiger partial charge is 0.416 e. The molecule has 7 heteroatoms. The summed E-state index contributed by atoms with van der Waals surface area (Å²) in [6, 6.07) is 15.3. The van der Waals surface area contributed by atoms with Crippen molar-refractivity contribution in [2.24, 2.45) is 4.99 Å². The molecule has 0 N–H and O–H groups in total. The third-order valence-electron chi connectivity index (χ3n) is 4.30. The van der Waals surface area contributed by atoms with Crippen LogP contribution in [0, 0.1) is 6.92 Å². The highest BCUT2D eigenvalue weighted by Gasteiger charge is 2.30. The van der Waals surface area contributed by atoms with Gasteiger partial charge in [-0.05, 0) is 43.3 Å². The van der Waals surface area contributed by atoms with E-state index in [1.54, 1.807) is 18.2 Å². The summed E-state index contributed by atoms with van der Waals surface area (Å²) >= 11 is 0. The molecule has 3 aromatic rings. The summed E-state index contributed by atoms with van der Waals surface area (Å²) in [7, 11) is 0. The monoisotopic (exact) mass is 397 g/mol. The van der Waals surface area contributed by atoms with Gasteiger partial charge >= 0.3 is 12.1 Å². The zero-order chi connectivity index (χ0) is 20.6. The molecule has 0 unspecified atom stereocenters. The highest BCUT2D eigenvalue weighted by atomic mass is 19.4. The Bertz CT molecular complexity index is 1140. The Balaban J connectivity index is 1.61. The molecule has 1 aliphatic rings. The SMILES string of the molecule is Cc1ccc(C2=N/C(=C/c3ccc(-c4cccc(C(F)(F)F)c4)o3)C(=O)O2)cc1. The Morgan fingerprint density at radius 1 is 0.966 bits per heavy atom. The van der Waals surface area contributed by atoms with Crippen LogP contribution in [0.2, 0.25) is 0 Å². The summed E-state index contributed by atoms with van der Waals surface area (Å²) in [5.41, 5.74) is 1.29. The van der Waals surface area contributed by atoms with Gasteiger partial charge in [-0.3, -0.25) is 0 Å². The van der Waals surface area contributed by atoms with Gasteiger partial charge < -0.3 is 9.15 Å². The number of carbonyl (C=O) groups excluding carboxylic acids is 1. The average Bonchev–Trinajstić information content (AvgIpc) is 3.29. The third-order valence-corrected chi connectivity index (χ3v) is 4.30. The van der Waals surface area contributed by atoms with Gasteiger partial charge in [0.25, 0.3) is 0 Å². The van der Waals surface area contributed by atoms with Crippen LogP contribution in [0.3, 0.4) is 0 Å². The lowest BCUT2D eigenvalue weighted by Gasteiger charge is -2.07. The number of cyclic esters (lactones) is 1. The van der Waals surface area contributed by atoms with Crippen LogP contribution in [-0.2, 0) is 15.7 Å². The Hall–Kier alpha value is -3.61. The Morgan fingerprint density at radius 2 is 1.72 bits per heavy atom. The van der Waals surface area contributed by atoms with Crippen molar-refractivity contribution in [1.29, 1.82) is 0 Å². The van der Waals surface area contributed by atoms with Crippen LogP contribution in [0.1, 0.15) is 22.5 Å². The maximum Gasteiger partial charge on any atom is 0.416 e. The van der Waals surface area contributed by atoms with E-state index in [4.69, 9.17) is 9.15 Å². The molecule has 0 spiro atoms. The number of rotatable bonds is 3. The van der Waals surface area contributed by atoms with E-state index in [1.807, 2.05) is 19.1 Å². The molecular formula is C22H14F3NO3. The van der Waals surface area contributed by atoms with Crippen LogP contribution >= 0.6 is 0 Å². The predicted molar refractivity (Wildman–Crippen MR) is 101 cm³/mol. The van der Waals surface area contributed by atoms with Gasteiger partial charge in [-0.25, -0.2) is 9.79 Å². The number of benzene rings is 2. The molecule has 0 bridgehead atoms. The second-order valence-electron chi connectivity index (χ2n) is 6.48. The normalized spacial score (nSPS) is 15.5. The number of alkyl halides is 3. The zero-order valence-electron chi connectivity index (χ0n) is 15.2. The second-order valence-corrected chi connectivity index (χ2v) is 6.48. The van der Waals surface area contributed by atoms with E-state index < -0.39 is 17.7 Å². The van der Waals surface area contributed by atoms with E-state index >= 15 is 0 Å². The molecule has 1 aromatic heterocycles. The first kappa shape index (κ1) is 18.7. The largest absolute Gasteiger partial charge is 0.457 e. The number of aliphatic imine (C=N–C) groups is 1. The summed E-state index contributed by atoms with van der Waals surface area (Å²) in [6.07, 6.45) is -3.05. The van der Waals surface area contributed by atoms with Crippen LogP contribution in [0.25, 0.3) is 17.4 Å². The molecule has 2 heterocycles. The van der Waals surface area contributed by atoms with Crippen LogP contribution in [0.15, 0.2) is 75.8 Å². The third kappa shape index (κ3) is 3.99. The molecule has 146 valence electrons. The van der Waals surface area contributed by atoms with E-state index in [0.29, 0.717) is 5.56 Å². The highest BCUT2D eigenvalue weighted by Crippen LogP contribution is 2.33. The van der Waals surface area contributed by atoms with Gasteiger partial charge in [0.2, 0.25) is 5.90 Å². The van der Waals surface area contributed by atoms with Gasteiger partial charge in [0.1, 0.15) is 11.5 Å². The Labute approximate surface area is 164 Å². The molecule has 1 aliphatic heterocycles. The minimum Gasteiger partial charge on any atom is -0.457 e. The van der Waals surface area contributed by atoms with Crippen LogP contribution in [0.4, 0.5) is 13.2 Å². The van der Waals surface area contributed by atoms with E-state index in [9.17, 15) is 18.0 Å². The van der Waals surface area contributed by atoms with Crippen molar-refractivity contribution in [2.75, 3.05) is 0 Å². The van der Waals surface area contributed by atoms with Gasteiger partial charge in [0, 0.05) is 17.2 Å². The summed E-state index contributed by atoms with van der Waals surface area (Å²) in [4.78, 5) is 16.3. The van der Waals surface area contributed by atoms with Crippen LogP contribution in [-0.4, -0.2) is 11.9 Å². The molecule has 0 amide bonds. The molecule has 2 aromatic carbocycles. The van der Waals surface area contributed by atoms with E-state index in [1.165, 1.54) is 24.3 Å². The Kier molecular flexibility index (Phi) is 4.58. The number of nitrogens with zero attached hydrogens (tertiary/aromatic N) is 1. The fourth-order valence-electron chi connectivity index (χ4n) is 2.80. The van der Waals surface area contributed by atoms with Crippen molar-refractivity contribution in [2.45, 2.75) is 13.1 Å². The number of furan rings is 1. The van der Waals surface area contributed by atoms with Crippen molar-refractivity contribution in [3.63, 3.8) is 0 Å². The van der Waals surface area contributed by atoms with Crippen LogP contribution in [0.5, 0.6) is 0 Å². The lowest BCUT2D eigenvalue weighted by Crippen LogP contribution is -2.05. The quantitative estimate of drug-likeness (QED) is 0.426. The molecule has 4 rings (SSSR count). The lowest BCUT2D eigenvalue weighted by atomic mass is 10.1. The van der Waals surface area contributed by atoms with Gasteiger partial charge in [0.05, 0.1) is 5.56 Å². The summed E-state index contributed by atoms with van der Waals surface area (Å²) in [6.45, 7) is 1.94. The molecule has 4 nitrogen and oxygen atoms in total. The number of carbonyl (C=O) groups is 1. The fraction of sp³-hybridized carbons (Fsp3) is 0.0909. The number of esters is 1. The van der Waals surface area contributed by atoms with E-state index in [-0.39, 0.29) is 28.7 Å². The summed E-state index contributed by atoms with van der Waals surface area (Å²) < 4.78 is 49.5. The molecule has 0 aliphatic carbocycles. The number of aryl methyl sites for hydroxylation is 1. The van der Waals surface area contributed by atoms with Crippen molar-refractivity contribution in [3.05, 3.63) is 88.8 Å². The fourth-order valence-corrected chi connectivity index (χ4v) is 2.80. The van der Waals surface area contributed by atoms with Gasteiger partial charge in [-0.1, -0.05) is 29.8 Å². The van der Waals surface area contributed by atoms with Crippen LogP contribution < -0.4 is 0 Å². The van der Waals surface area contributed by atoms with Crippen molar-refractivity contribution >= 4 is 17.9 Å². The van der Waals surface area contributed by atoms with Crippen molar-refractivity contribution in [3.8, 4) is 11.3 Å². The summed E-state index contributed by atoms with van der Waals surface area (Å²) in [5.74, 6) is 0.0822. The van der Waals surface area contributed by atoms with Gasteiger partial charge in [0.15, 0.2) is 5.70 Å². The zero-order valence-corrected chi connectivity index (χ0v) is 15.2. The number of hydrogen-bond donors (Lipinski definition) is 0. The highest BCUT2D eigenvalue weighted by molar-refractivity contribution is 6.12. The van der Waals surface area contributed by atoms with Gasteiger partial charge in [-0.2, -0.15) is 13.2 Å². The minimum atomic E-state index is -4.44. The number of halogens is 3. The molecule has 0 atom stereocenters. The standard InChI is InChI=1S/C22H14F3NO3/c1-13-5-7-14(8-6-13)20-26-18(21(27)29-20)12-17-9-10-19(28-17)15-3-2-4-16(11-15)22(23,24)25/h2-12H,1H3/b18-12+. The topological polar surface area (TPSA) is 51.8 Å². The summed E-state index contributed by atoms with van der Waals surface area (Å²) in [5, 5.41) is 0. The first-order valence-electron chi connectivity index (χ1n) is 8.67. The van der Waals surface area contributed by atoms with E-state index in [2.05, 4.69) is 4.99 Å². The predicted octanol–water partition coefficient (Wildman–Crippen LogP) is 5.62. The molecular weight excluding hydrogens is 383 g/mol. The number of ether oxygens (including phenoxy) is 1. The lowest BCUT2D eigenvalue weighted by molar-refractivity contribution is -0.137. The van der Waals surface area contributed by atoms with Crippen molar-refractivity contribution in [1.82, 2.24) is 0 Å². The maximum absolute atomic E-state index is 12.9. The molecule has 0 fully saturated rings. The average molecular weight is 397 g/mol. The number of hydrogen-bond acceptors (Lipinski definition) is 4. The molecule has 0 radical (unpaired) electrons. The van der Waals surface area contributed by atoms with Gasteiger partial charge in [-0.15, -0.1) is 0 Å². The Morgan fingerprint density at radius 3 is 2.45 bits per heavy atom. The molecule has 0 saturated heterocycles. The first-order valence-corrected chi connectivity index (χ1v) is 8.67. The van der Waals surface area contributed by atoms with Crippen molar-refractivity contribution < 1.29 is 27.1 Å². The second kappa shape index (κ2) is 7.09. The molecule has 0 saturated carbocycles. The minimum absolute atomic E-state index is 0.0468. The molecule has 29 heavy (non-hydrogen) atoms. The maximum atomic E-state index is 12.9. The van der Waals surface area contributed by atoms with E-state index in [0.717, 1.165) is 17.7 Å². The first-order chi connectivity index (χ1) is 13.8.